The summed E-state index contributed by atoms with van der Waals surface area (Å²) in [7, 11) is 0. The Labute approximate surface area is 131 Å². The van der Waals surface area contributed by atoms with Gasteiger partial charge in [-0.3, -0.25) is 0 Å². The van der Waals surface area contributed by atoms with Gasteiger partial charge in [-0.05, 0) is 23.1 Å². The van der Waals surface area contributed by atoms with Crippen LogP contribution in [0.4, 0.5) is 0 Å². The molecule has 22 heavy (non-hydrogen) atoms. The van der Waals surface area contributed by atoms with Crippen LogP contribution < -0.4 is 4.74 Å². The first-order valence-corrected chi connectivity index (χ1v) is 7.59. The smallest absolute Gasteiger partial charge is 0.227 e. The van der Waals surface area contributed by atoms with Crippen molar-refractivity contribution < 1.29 is 14.6 Å². The minimum absolute atomic E-state index is 0.0230. The van der Waals surface area contributed by atoms with Gasteiger partial charge in [0.15, 0.2) is 0 Å². The second kappa shape index (κ2) is 5.75. The van der Waals surface area contributed by atoms with Crippen molar-refractivity contribution >= 4 is 0 Å². The third-order valence-corrected chi connectivity index (χ3v) is 3.97. The first-order chi connectivity index (χ1) is 10.5. The Kier molecular flexibility index (Phi) is 3.94. The summed E-state index contributed by atoms with van der Waals surface area (Å²) < 4.78 is 11.9. The van der Waals surface area contributed by atoms with Crippen LogP contribution in [0.1, 0.15) is 49.3 Å². The quantitative estimate of drug-likeness (QED) is 0.907. The lowest BCUT2D eigenvalue weighted by Crippen LogP contribution is -2.21. The molecule has 0 amide bonds. The zero-order chi connectivity index (χ0) is 15.7. The van der Waals surface area contributed by atoms with E-state index in [0.717, 1.165) is 22.4 Å². The van der Waals surface area contributed by atoms with Gasteiger partial charge in [-0.1, -0.05) is 51.1 Å². The molecule has 116 valence electrons. The van der Waals surface area contributed by atoms with E-state index in [4.69, 9.17) is 9.47 Å². The van der Waals surface area contributed by atoms with Crippen molar-refractivity contribution in [2.24, 2.45) is 0 Å². The summed E-state index contributed by atoms with van der Waals surface area (Å²) in [6.45, 7) is 6.94. The molecule has 1 heterocycles. The normalized spacial score (nSPS) is 17.7. The van der Waals surface area contributed by atoms with Crippen LogP contribution in [0, 0.1) is 0 Å². The van der Waals surface area contributed by atoms with Gasteiger partial charge in [0.2, 0.25) is 6.29 Å². The Morgan fingerprint density at radius 3 is 2.50 bits per heavy atom. The van der Waals surface area contributed by atoms with Gasteiger partial charge in [0, 0.05) is 16.7 Å². The summed E-state index contributed by atoms with van der Waals surface area (Å²) in [6.07, 6.45) is -0.417. The fourth-order valence-electron chi connectivity index (χ4n) is 2.64. The van der Waals surface area contributed by atoms with E-state index in [-0.39, 0.29) is 12.0 Å². The Bertz CT molecular complexity index is 639. The van der Waals surface area contributed by atoms with Crippen molar-refractivity contribution in [3.63, 3.8) is 0 Å². The summed E-state index contributed by atoms with van der Waals surface area (Å²) >= 11 is 0. The van der Waals surface area contributed by atoms with Gasteiger partial charge in [0.1, 0.15) is 5.75 Å². The predicted molar refractivity (Wildman–Crippen MR) is 85.7 cm³/mol. The van der Waals surface area contributed by atoms with Gasteiger partial charge >= 0.3 is 0 Å². The first kappa shape index (κ1) is 15.1. The number of aliphatic hydroxyl groups excluding tert-OH is 1. The highest BCUT2D eigenvalue weighted by molar-refractivity contribution is 5.47. The predicted octanol–water partition coefficient (Wildman–Crippen LogP) is 4.08. The van der Waals surface area contributed by atoms with Gasteiger partial charge in [-0.25, -0.2) is 0 Å². The van der Waals surface area contributed by atoms with E-state index in [2.05, 4.69) is 26.8 Å². The van der Waals surface area contributed by atoms with Crippen LogP contribution in [0.5, 0.6) is 5.75 Å². The Balaban J connectivity index is 1.97. The van der Waals surface area contributed by atoms with Crippen LogP contribution in [0.15, 0.2) is 42.5 Å². The summed E-state index contributed by atoms with van der Waals surface area (Å²) in [6, 6.07) is 14.0. The van der Waals surface area contributed by atoms with E-state index in [9.17, 15) is 5.11 Å². The molecule has 1 aliphatic heterocycles. The van der Waals surface area contributed by atoms with Gasteiger partial charge in [-0.2, -0.15) is 0 Å². The summed E-state index contributed by atoms with van der Waals surface area (Å²) in [4.78, 5) is 0. The Morgan fingerprint density at radius 1 is 1.14 bits per heavy atom. The van der Waals surface area contributed by atoms with Crippen LogP contribution in [0.2, 0.25) is 0 Å². The van der Waals surface area contributed by atoms with Crippen molar-refractivity contribution in [1.29, 1.82) is 0 Å². The maximum absolute atomic E-state index is 9.72. The lowest BCUT2D eigenvalue weighted by Gasteiger charge is -2.30. The van der Waals surface area contributed by atoms with Crippen LogP contribution in [-0.2, 0) is 23.4 Å². The van der Waals surface area contributed by atoms with E-state index >= 15 is 0 Å². The van der Waals surface area contributed by atoms with Crippen molar-refractivity contribution in [2.45, 2.75) is 45.7 Å². The monoisotopic (exact) mass is 298 g/mol. The lowest BCUT2D eigenvalue weighted by molar-refractivity contribution is -0.112. The maximum atomic E-state index is 9.72. The first-order valence-electron chi connectivity index (χ1n) is 7.59. The molecular formula is C19H22O3. The van der Waals surface area contributed by atoms with Gasteiger partial charge in [0.25, 0.3) is 0 Å². The van der Waals surface area contributed by atoms with Crippen molar-refractivity contribution in [3.05, 3.63) is 64.7 Å². The molecule has 1 aliphatic rings. The molecule has 0 unspecified atom stereocenters. The molecule has 0 aliphatic carbocycles. The second-order valence-electron chi connectivity index (χ2n) is 6.70. The zero-order valence-corrected chi connectivity index (χ0v) is 13.3. The number of benzene rings is 2. The molecular weight excluding hydrogens is 276 g/mol. The van der Waals surface area contributed by atoms with E-state index in [1.54, 1.807) is 0 Å². The number of hydrogen-bond acceptors (Lipinski definition) is 3. The third-order valence-electron chi connectivity index (χ3n) is 3.97. The number of aliphatic hydroxyl groups is 1. The number of fused-ring (bicyclic) bond motifs is 1. The van der Waals surface area contributed by atoms with Crippen molar-refractivity contribution in [3.8, 4) is 5.75 Å². The zero-order valence-electron chi connectivity index (χ0n) is 13.3. The van der Waals surface area contributed by atoms with E-state index in [1.165, 1.54) is 5.56 Å². The summed E-state index contributed by atoms with van der Waals surface area (Å²) in [5, 5.41) is 9.72. The van der Waals surface area contributed by atoms with Crippen LogP contribution >= 0.6 is 0 Å². The summed E-state index contributed by atoms with van der Waals surface area (Å²) in [5.41, 5.74) is 4.02. The molecule has 2 aromatic rings. The van der Waals surface area contributed by atoms with Crippen molar-refractivity contribution in [2.75, 3.05) is 0 Å². The highest BCUT2D eigenvalue weighted by Crippen LogP contribution is 2.38. The second-order valence-corrected chi connectivity index (χ2v) is 6.70. The van der Waals surface area contributed by atoms with Crippen molar-refractivity contribution in [1.82, 2.24) is 0 Å². The molecule has 3 rings (SSSR count). The molecule has 1 atom stereocenters. The van der Waals surface area contributed by atoms with Gasteiger partial charge in [-0.15, -0.1) is 0 Å². The topological polar surface area (TPSA) is 38.7 Å². The number of ether oxygens (including phenoxy) is 2. The average Bonchev–Trinajstić information content (AvgIpc) is 2.53. The number of hydrogen-bond donors (Lipinski definition) is 1. The van der Waals surface area contributed by atoms with Crippen LogP contribution in [0.3, 0.4) is 0 Å². The minimum Gasteiger partial charge on any atom is -0.460 e. The SMILES string of the molecule is CC(C)(C)c1cc(CO)c2c(c1)CO[C@@H](c1ccccc1)O2. The highest BCUT2D eigenvalue weighted by atomic mass is 16.7. The molecule has 0 saturated heterocycles. The fraction of sp³-hybridized carbons (Fsp3) is 0.368. The molecule has 3 nitrogen and oxygen atoms in total. The van der Waals surface area contributed by atoms with E-state index in [0.29, 0.717) is 6.61 Å². The lowest BCUT2D eigenvalue weighted by atomic mass is 9.84. The molecule has 0 aromatic heterocycles. The molecule has 3 heteroatoms. The number of rotatable bonds is 2. The van der Waals surface area contributed by atoms with Crippen LogP contribution in [0.25, 0.3) is 0 Å². The highest BCUT2D eigenvalue weighted by Gasteiger charge is 2.26. The minimum atomic E-state index is -0.417. The van der Waals surface area contributed by atoms with Crippen LogP contribution in [-0.4, -0.2) is 5.11 Å². The fourth-order valence-corrected chi connectivity index (χ4v) is 2.64. The molecule has 2 aromatic carbocycles. The van der Waals surface area contributed by atoms with Gasteiger partial charge in [0.05, 0.1) is 13.2 Å². The van der Waals surface area contributed by atoms with E-state index in [1.807, 2.05) is 36.4 Å². The molecule has 0 saturated carbocycles. The summed E-state index contributed by atoms with van der Waals surface area (Å²) in [5.74, 6) is 0.760. The third kappa shape index (κ3) is 2.87. The maximum Gasteiger partial charge on any atom is 0.227 e. The largest absolute Gasteiger partial charge is 0.460 e. The molecule has 1 N–H and O–H groups in total. The van der Waals surface area contributed by atoms with Gasteiger partial charge < -0.3 is 14.6 Å². The Morgan fingerprint density at radius 2 is 1.86 bits per heavy atom. The van der Waals surface area contributed by atoms with E-state index < -0.39 is 6.29 Å². The molecule has 0 fully saturated rings. The Hall–Kier alpha value is -1.84. The standard InChI is InChI=1S/C19H22O3/c1-19(2,3)16-9-14(11-20)17-15(10-16)12-21-18(22-17)13-7-5-4-6-8-13/h4-10,18,20H,11-12H2,1-3H3/t18-/m1/s1. The average molecular weight is 298 g/mol. The molecule has 0 spiro atoms. The molecule has 0 bridgehead atoms. The molecule has 0 radical (unpaired) electrons.